The molecule has 0 nitrogen and oxygen atoms in total. The van der Waals surface area contributed by atoms with E-state index in [1.807, 2.05) is 22.7 Å². The topological polar surface area (TPSA) is 0 Å². The van der Waals surface area contributed by atoms with Crippen molar-refractivity contribution in [2.45, 2.75) is 0 Å². The minimum absolute atomic E-state index is 1.19. The van der Waals surface area contributed by atoms with E-state index in [0.29, 0.717) is 0 Å². The van der Waals surface area contributed by atoms with Gasteiger partial charge in [-0.1, -0.05) is 158 Å². The van der Waals surface area contributed by atoms with Crippen LogP contribution in [0, 0.1) is 0 Å². The van der Waals surface area contributed by atoms with Gasteiger partial charge in [0.15, 0.2) is 0 Å². The molecule has 0 fully saturated rings. The van der Waals surface area contributed by atoms with Crippen molar-refractivity contribution in [2.24, 2.45) is 0 Å². The van der Waals surface area contributed by atoms with Crippen LogP contribution in [0.15, 0.2) is 194 Å². The molecule has 252 valence electrons. The second kappa shape index (κ2) is 12.7. The van der Waals surface area contributed by atoms with Gasteiger partial charge < -0.3 is 0 Å². The van der Waals surface area contributed by atoms with Crippen molar-refractivity contribution >= 4 is 95.3 Å². The number of hydrogen-bond donors (Lipinski definition) is 0. The maximum Gasteiger partial charge on any atom is 0.0440 e. The zero-order valence-electron chi connectivity index (χ0n) is 29.3. The van der Waals surface area contributed by atoms with Crippen molar-refractivity contribution in [2.75, 3.05) is 0 Å². The Balaban J connectivity index is 1.11. The van der Waals surface area contributed by atoms with E-state index in [4.69, 9.17) is 0 Å². The summed E-state index contributed by atoms with van der Waals surface area (Å²) in [6.45, 7) is 0. The van der Waals surface area contributed by atoms with Crippen molar-refractivity contribution < 1.29 is 0 Å². The minimum atomic E-state index is 1.19. The fraction of sp³-hybridized carbons (Fsp3) is 0. The summed E-state index contributed by atoms with van der Waals surface area (Å²) in [5.74, 6) is 0. The first-order valence-electron chi connectivity index (χ1n) is 18.4. The lowest BCUT2D eigenvalue weighted by Gasteiger charge is -2.11. The van der Waals surface area contributed by atoms with E-state index >= 15 is 0 Å². The molecule has 2 heteroatoms. The summed E-state index contributed by atoms with van der Waals surface area (Å²) in [4.78, 5) is 0. The van der Waals surface area contributed by atoms with Gasteiger partial charge in [-0.15, -0.1) is 22.7 Å². The smallest absolute Gasteiger partial charge is 0.0440 e. The average Bonchev–Trinajstić information content (AvgIpc) is 3.80. The van der Waals surface area contributed by atoms with Gasteiger partial charge in [0.05, 0.1) is 0 Å². The molecule has 0 saturated heterocycles. The third kappa shape index (κ3) is 5.10. The Morgan fingerprint density at radius 2 is 0.852 bits per heavy atom. The second-order valence-electron chi connectivity index (χ2n) is 14.0. The quantitative estimate of drug-likeness (QED) is 0.170. The zero-order valence-corrected chi connectivity index (χ0v) is 30.9. The Kier molecular flexibility index (Phi) is 7.33. The van der Waals surface area contributed by atoms with Crippen LogP contribution >= 0.6 is 22.7 Å². The lowest BCUT2D eigenvalue weighted by molar-refractivity contribution is 1.62. The first-order chi connectivity index (χ1) is 26.8. The van der Waals surface area contributed by atoms with Gasteiger partial charge in [0.1, 0.15) is 0 Å². The predicted molar refractivity (Wildman–Crippen MR) is 239 cm³/mol. The highest BCUT2D eigenvalue weighted by atomic mass is 32.1. The van der Waals surface area contributed by atoms with Crippen molar-refractivity contribution in [3.63, 3.8) is 0 Å². The molecular formula is C52H32S2. The van der Waals surface area contributed by atoms with E-state index in [1.165, 1.54) is 106 Å². The molecule has 11 rings (SSSR count). The number of fused-ring (bicyclic) bond motifs is 11. The Hall–Kier alpha value is -6.32. The predicted octanol–water partition coefficient (Wildman–Crippen LogP) is 16.0. The standard InChI is InChI=1S/C52H32S2/c1-2-4-17-41(39-23-22-33-12-5-6-13-35(33)30-39)43-19-8-7-18-42(43)40(16-3-1)38-15-11-14-36(31-38)37-26-28-48-46(32-37)51-49(53-48)29-25-34-24-27-45-44-20-9-10-21-47(44)54-52(45)50(34)51/h1-32H. The Labute approximate surface area is 321 Å². The van der Waals surface area contributed by atoms with Gasteiger partial charge in [0.25, 0.3) is 0 Å². The van der Waals surface area contributed by atoms with Crippen molar-refractivity contribution in [3.05, 3.63) is 194 Å². The molecule has 0 unspecified atom stereocenters. The highest BCUT2D eigenvalue weighted by Gasteiger charge is 2.16. The first kappa shape index (κ1) is 31.2. The maximum atomic E-state index is 2.43. The number of benzene rings is 8. The van der Waals surface area contributed by atoms with Gasteiger partial charge in [-0.3, -0.25) is 0 Å². The lowest BCUT2D eigenvalue weighted by atomic mass is 9.93. The summed E-state index contributed by atoms with van der Waals surface area (Å²) in [5.41, 5.74) is 7.25. The molecule has 0 aliphatic rings. The van der Waals surface area contributed by atoms with E-state index in [0.717, 1.165) is 0 Å². The van der Waals surface area contributed by atoms with E-state index < -0.39 is 0 Å². The zero-order chi connectivity index (χ0) is 35.6. The molecule has 0 amide bonds. The van der Waals surface area contributed by atoms with Crippen LogP contribution in [0.5, 0.6) is 0 Å². The molecule has 0 atom stereocenters. The molecular weight excluding hydrogens is 689 g/mol. The summed E-state index contributed by atoms with van der Waals surface area (Å²) >= 11 is 3.82. The largest absolute Gasteiger partial charge is 0.135 e. The molecule has 0 spiro atoms. The van der Waals surface area contributed by atoms with Crippen molar-refractivity contribution in [1.29, 1.82) is 0 Å². The third-order valence-corrected chi connectivity index (χ3v) is 13.2. The summed E-state index contributed by atoms with van der Waals surface area (Å²) in [6.07, 6.45) is 0. The van der Waals surface area contributed by atoms with E-state index in [2.05, 4.69) is 194 Å². The fourth-order valence-electron chi connectivity index (χ4n) is 8.33. The Bertz CT molecular complexity index is 3340. The Morgan fingerprint density at radius 1 is 0.259 bits per heavy atom. The molecule has 0 aliphatic heterocycles. The van der Waals surface area contributed by atoms with Crippen molar-refractivity contribution in [1.82, 2.24) is 0 Å². The molecule has 0 N–H and O–H groups in total. The SMILES string of the molecule is c1cccc(-c2ccc3ccccc3c2)c2ccccc2c(-c2cccc(-c3ccc4sc5ccc6ccc7c8ccccc8sc7c6c5c4c3)c2)cc1. The summed E-state index contributed by atoms with van der Waals surface area (Å²) in [6, 6.07) is 71.5. The molecule has 54 heavy (non-hydrogen) atoms. The van der Waals surface area contributed by atoms with E-state index in [1.54, 1.807) is 0 Å². The van der Waals surface area contributed by atoms with E-state index in [-0.39, 0.29) is 0 Å². The molecule has 0 radical (unpaired) electrons. The monoisotopic (exact) mass is 720 g/mol. The fourth-order valence-corrected chi connectivity index (χ4v) is 10.7. The van der Waals surface area contributed by atoms with Crippen LogP contribution in [0.4, 0.5) is 0 Å². The summed E-state index contributed by atoms with van der Waals surface area (Å²) in [5, 5.41) is 13.0. The molecule has 0 saturated carbocycles. The van der Waals surface area contributed by atoms with Gasteiger partial charge in [0.2, 0.25) is 0 Å². The lowest BCUT2D eigenvalue weighted by Crippen LogP contribution is -1.85. The van der Waals surface area contributed by atoms with Crippen LogP contribution in [-0.4, -0.2) is 0 Å². The van der Waals surface area contributed by atoms with Crippen LogP contribution in [-0.2, 0) is 0 Å². The minimum Gasteiger partial charge on any atom is -0.135 e. The van der Waals surface area contributed by atoms with Gasteiger partial charge >= 0.3 is 0 Å². The van der Waals surface area contributed by atoms with Crippen LogP contribution in [0.25, 0.3) is 106 Å². The normalized spacial score (nSPS) is 11.7. The highest BCUT2D eigenvalue weighted by molar-refractivity contribution is 7.28. The first-order valence-corrected chi connectivity index (χ1v) is 20.0. The van der Waals surface area contributed by atoms with Crippen LogP contribution in [0.3, 0.4) is 0 Å². The third-order valence-electron chi connectivity index (χ3n) is 10.9. The van der Waals surface area contributed by atoms with Crippen molar-refractivity contribution in [3.8, 4) is 33.4 Å². The molecule has 2 aromatic heterocycles. The van der Waals surface area contributed by atoms with Gasteiger partial charge in [-0.25, -0.2) is 0 Å². The molecule has 2 heterocycles. The number of thiophene rings is 2. The van der Waals surface area contributed by atoms with Gasteiger partial charge in [-0.05, 0) is 96.7 Å². The number of hydrogen-bond acceptors (Lipinski definition) is 2. The molecule has 11 aromatic rings. The molecule has 0 bridgehead atoms. The Morgan fingerprint density at radius 3 is 1.69 bits per heavy atom. The second-order valence-corrected chi connectivity index (χ2v) is 16.1. The number of rotatable bonds is 3. The highest BCUT2D eigenvalue weighted by Crippen LogP contribution is 2.46. The summed E-state index contributed by atoms with van der Waals surface area (Å²) < 4.78 is 5.39. The molecule has 0 aliphatic carbocycles. The van der Waals surface area contributed by atoms with Crippen LogP contribution < -0.4 is 0 Å². The molecule has 9 aromatic carbocycles. The average molecular weight is 721 g/mol. The van der Waals surface area contributed by atoms with Crippen LogP contribution in [0.2, 0.25) is 0 Å². The maximum absolute atomic E-state index is 2.43. The van der Waals surface area contributed by atoms with Gasteiger partial charge in [-0.2, -0.15) is 0 Å². The summed E-state index contributed by atoms with van der Waals surface area (Å²) in [7, 11) is 0. The van der Waals surface area contributed by atoms with Gasteiger partial charge in [0, 0.05) is 45.7 Å². The van der Waals surface area contributed by atoms with Crippen LogP contribution in [0.1, 0.15) is 0 Å². The van der Waals surface area contributed by atoms with E-state index in [9.17, 15) is 0 Å².